The molecule has 0 N–H and O–H groups in total. The molecule has 15 heavy (non-hydrogen) atoms. The van der Waals surface area contributed by atoms with Crippen molar-refractivity contribution in [2.24, 2.45) is 0 Å². The third-order valence-electron chi connectivity index (χ3n) is 1.86. The molecule has 0 fully saturated rings. The van der Waals surface area contributed by atoms with E-state index in [2.05, 4.69) is 9.72 Å². The highest BCUT2D eigenvalue weighted by atomic mass is 19.3. The molecule has 6 heteroatoms. The number of aromatic nitrogens is 1. The molecule has 0 aliphatic heterocycles. The van der Waals surface area contributed by atoms with E-state index in [1.807, 2.05) is 0 Å². The number of rotatable bonds is 2. The van der Waals surface area contributed by atoms with Crippen LogP contribution in [0.1, 0.15) is 28.0 Å². The first-order valence-electron chi connectivity index (χ1n) is 4.00. The van der Waals surface area contributed by atoms with E-state index >= 15 is 0 Å². The fraction of sp³-hybridized carbons (Fsp3) is 0.333. The maximum atomic E-state index is 13.3. The van der Waals surface area contributed by atoms with Gasteiger partial charge in [0, 0.05) is 6.20 Å². The van der Waals surface area contributed by atoms with Gasteiger partial charge in [-0.15, -0.1) is 0 Å². The summed E-state index contributed by atoms with van der Waals surface area (Å²) in [5, 5.41) is 0. The van der Waals surface area contributed by atoms with Gasteiger partial charge in [-0.05, 0) is 6.92 Å². The van der Waals surface area contributed by atoms with Crippen LogP contribution < -0.4 is 0 Å². The summed E-state index contributed by atoms with van der Waals surface area (Å²) in [7, 11) is 1.02. The Morgan fingerprint density at radius 1 is 1.53 bits per heavy atom. The Labute approximate surface area is 83.9 Å². The number of alkyl halides is 2. The van der Waals surface area contributed by atoms with Gasteiger partial charge in [-0.25, -0.2) is 18.0 Å². The Morgan fingerprint density at radius 3 is 2.60 bits per heavy atom. The van der Waals surface area contributed by atoms with Crippen LogP contribution in [0, 0.1) is 12.7 Å². The SMILES string of the molecule is COC(=O)c1cnc(C)c(F)c1C(F)F. The van der Waals surface area contributed by atoms with E-state index in [0.29, 0.717) is 0 Å². The molecule has 0 amide bonds. The lowest BCUT2D eigenvalue weighted by molar-refractivity contribution is 0.0586. The molecule has 3 nitrogen and oxygen atoms in total. The largest absolute Gasteiger partial charge is 0.465 e. The third-order valence-corrected chi connectivity index (χ3v) is 1.86. The van der Waals surface area contributed by atoms with Gasteiger partial charge >= 0.3 is 5.97 Å². The minimum atomic E-state index is -3.08. The van der Waals surface area contributed by atoms with Crippen molar-refractivity contribution < 1.29 is 22.7 Å². The molecule has 0 saturated heterocycles. The fourth-order valence-corrected chi connectivity index (χ4v) is 1.09. The van der Waals surface area contributed by atoms with Crippen molar-refractivity contribution in [3.63, 3.8) is 0 Å². The van der Waals surface area contributed by atoms with Crippen LogP contribution in [-0.2, 0) is 4.74 Å². The maximum absolute atomic E-state index is 13.3. The van der Waals surface area contributed by atoms with Crippen molar-refractivity contribution in [2.45, 2.75) is 13.3 Å². The Balaban J connectivity index is 3.40. The van der Waals surface area contributed by atoms with Gasteiger partial charge in [-0.3, -0.25) is 4.98 Å². The maximum Gasteiger partial charge on any atom is 0.340 e. The molecular formula is C9H8F3NO2. The molecule has 1 heterocycles. The van der Waals surface area contributed by atoms with Crippen molar-refractivity contribution >= 4 is 5.97 Å². The Hall–Kier alpha value is -1.59. The molecule has 1 aromatic heterocycles. The summed E-state index contributed by atoms with van der Waals surface area (Å²) in [5.74, 6) is -2.20. The lowest BCUT2D eigenvalue weighted by Gasteiger charge is -2.08. The average molecular weight is 219 g/mol. The summed E-state index contributed by atoms with van der Waals surface area (Å²) in [4.78, 5) is 14.5. The third kappa shape index (κ3) is 2.08. The van der Waals surface area contributed by atoms with Crippen molar-refractivity contribution in [3.05, 3.63) is 28.8 Å². The monoisotopic (exact) mass is 219 g/mol. The summed E-state index contributed by atoms with van der Waals surface area (Å²) >= 11 is 0. The lowest BCUT2D eigenvalue weighted by atomic mass is 10.1. The van der Waals surface area contributed by atoms with E-state index in [0.717, 1.165) is 13.3 Å². The molecule has 0 atom stereocenters. The van der Waals surface area contributed by atoms with Crippen LogP contribution in [0.2, 0.25) is 0 Å². The molecule has 1 rings (SSSR count). The lowest BCUT2D eigenvalue weighted by Crippen LogP contribution is -2.10. The molecule has 0 aliphatic carbocycles. The van der Waals surface area contributed by atoms with Gasteiger partial charge in [0.25, 0.3) is 6.43 Å². The second-order valence-corrected chi connectivity index (χ2v) is 2.78. The van der Waals surface area contributed by atoms with Gasteiger partial charge in [-0.1, -0.05) is 0 Å². The summed E-state index contributed by atoms with van der Waals surface area (Å²) in [5.41, 5.74) is -1.69. The predicted octanol–water partition coefficient (Wildman–Crippen LogP) is 2.25. The predicted molar refractivity (Wildman–Crippen MR) is 45.2 cm³/mol. The minimum absolute atomic E-state index is 0.182. The minimum Gasteiger partial charge on any atom is -0.465 e. The van der Waals surface area contributed by atoms with E-state index in [4.69, 9.17) is 0 Å². The standard InChI is InChI=1S/C9H8F3NO2/c1-4-7(10)6(8(11)12)5(3-13-4)9(14)15-2/h3,8H,1-2H3. The van der Waals surface area contributed by atoms with Crippen LogP contribution in [0.5, 0.6) is 0 Å². The first-order chi connectivity index (χ1) is 6.99. The number of nitrogens with zero attached hydrogens (tertiary/aromatic N) is 1. The molecule has 0 spiro atoms. The highest BCUT2D eigenvalue weighted by molar-refractivity contribution is 5.90. The van der Waals surface area contributed by atoms with Crippen LogP contribution in [0.25, 0.3) is 0 Å². The van der Waals surface area contributed by atoms with Gasteiger partial charge in [0.2, 0.25) is 0 Å². The van der Waals surface area contributed by atoms with Gasteiger partial charge in [0.05, 0.1) is 23.9 Å². The van der Waals surface area contributed by atoms with Crippen LogP contribution in [0.15, 0.2) is 6.20 Å². The van der Waals surface area contributed by atoms with Crippen LogP contribution in [0.3, 0.4) is 0 Å². The number of hydrogen-bond donors (Lipinski definition) is 0. The quantitative estimate of drug-likeness (QED) is 0.716. The van der Waals surface area contributed by atoms with Gasteiger partial charge < -0.3 is 4.74 Å². The molecule has 1 aromatic rings. The van der Waals surface area contributed by atoms with Crippen LogP contribution in [0.4, 0.5) is 13.2 Å². The summed E-state index contributed by atoms with van der Waals surface area (Å²) in [6.07, 6.45) is -2.20. The number of halogens is 3. The summed E-state index contributed by atoms with van der Waals surface area (Å²) < 4.78 is 42.5. The van der Waals surface area contributed by atoms with Crippen molar-refractivity contribution in [2.75, 3.05) is 7.11 Å². The molecule has 82 valence electrons. The molecule has 0 saturated carbocycles. The summed E-state index contributed by atoms with van der Waals surface area (Å²) in [6, 6.07) is 0. The zero-order valence-corrected chi connectivity index (χ0v) is 8.05. The topological polar surface area (TPSA) is 39.2 Å². The Kier molecular flexibility index (Phi) is 3.28. The number of ether oxygens (including phenoxy) is 1. The number of carbonyl (C=O) groups is 1. The number of pyridine rings is 1. The fourth-order valence-electron chi connectivity index (χ4n) is 1.09. The number of carbonyl (C=O) groups excluding carboxylic acids is 1. The van der Waals surface area contributed by atoms with E-state index < -0.39 is 29.3 Å². The normalized spacial score (nSPS) is 10.5. The zero-order chi connectivity index (χ0) is 11.6. The number of methoxy groups -OCH3 is 1. The molecule has 0 aromatic carbocycles. The average Bonchev–Trinajstić information content (AvgIpc) is 2.20. The van der Waals surface area contributed by atoms with E-state index in [1.165, 1.54) is 6.92 Å². The Morgan fingerprint density at radius 2 is 2.13 bits per heavy atom. The molecule has 0 bridgehead atoms. The van der Waals surface area contributed by atoms with Crippen LogP contribution >= 0.6 is 0 Å². The van der Waals surface area contributed by atoms with E-state index in [9.17, 15) is 18.0 Å². The van der Waals surface area contributed by atoms with Crippen molar-refractivity contribution in [3.8, 4) is 0 Å². The van der Waals surface area contributed by atoms with E-state index in [-0.39, 0.29) is 5.69 Å². The second-order valence-electron chi connectivity index (χ2n) is 2.78. The van der Waals surface area contributed by atoms with E-state index in [1.54, 1.807) is 0 Å². The number of hydrogen-bond acceptors (Lipinski definition) is 3. The highest BCUT2D eigenvalue weighted by Gasteiger charge is 2.25. The Bertz CT molecular complexity index is 393. The first-order valence-corrected chi connectivity index (χ1v) is 4.00. The summed E-state index contributed by atoms with van der Waals surface area (Å²) in [6.45, 7) is 1.24. The number of aryl methyl sites for hydroxylation is 1. The van der Waals surface area contributed by atoms with Gasteiger partial charge in [-0.2, -0.15) is 0 Å². The van der Waals surface area contributed by atoms with Crippen LogP contribution in [-0.4, -0.2) is 18.1 Å². The van der Waals surface area contributed by atoms with Gasteiger partial charge in [0.1, 0.15) is 0 Å². The molecule has 0 unspecified atom stereocenters. The van der Waals surface area contributed by atoms with Crippen molar-refractivity contribution in [1.29, 1.82) is 0 Å². The number of esters is 1. The molecule has 0 aliphatic rings. The first kappa shape index (κ1) is 11.5. The zero-order valence-electron chi connectivity index (χ0n) is 8.05. The van der Waals surface area contributed by atoms with Gasteiger partial charge in [0.15, 0.2) is 5.82 Å². The molecule has 0 radical (unpaired) electrons. The van der Waals surface area contributed by atoms with Crippen molar-refractivity contribution in [1.82, 2.24) is 4.98 Å². The highest BCUT2D eigenvalue weighted by Crippen LogP contribution is 2.27. The smallest absolute Gasteiger partial charge is 0.340 e. The second kappa shape index (κ2) is 4.29. The molecular weight excluding hydrogens is 211 g/mol.